The van der Waals surface area contributed by atoms with Crippen LogP contribution in [0.4, 0.5) is 0 Å². The SMILES string of the molecule is CCCCCCCC/C=C\CCCCCCCCNC(CC)[N+](CC(=O)O)(C(C)O)C(CC)NCCCCCCCC/C=C\CCCCCCCC.C[N+](C)(C)CC(=O)O. The Balaban J connectivity index is 0. The largest absolute Gasteiger partial charge is 0.477 e. The third-order valence-electron chi connectivity index (χ3n) is 11.8. The van der Waals surface area contributed by atoms with Gasteiger partial charge in [-0.25, -0.2) is 9.59 Å². The fourth-order valence-electron chi connectivity index (χ4n) is 8.32. The van der Waals surface area contributed by atoms with Crippen molar-refractivity contribution >= 4 is 11.9 Å². The van der Waals surface area contributed by atoms with Crippen LogP contribution in [0.25, 0.3) is 0 Å². The van der Waals surface area contributed by atoms with Crippen LogP contribution in [0.1, 0.15) is 227 Å². The minimum absolute atomic E-state index is 0.0878. The molecule has 356 valence electrons. The van der Waals surface area contributed by atoms with Crippen molar-refractivity contribution in [2.75, 3.05) is 47.3 Å². The van der Waals surface area contributed by atoms with E-state index in [-0.39, 0.29) is 29.9 Å². The Morgan fingerprint density at radius 1 is 0.467 bits per heavy atom. The van der Waals surface area contributed by atoms with Gasteiger partial charge in [0, 0.05) is 32.9 Å². The predicted molar refractivity (Wildman–Crippen MR) is 258 cm³/mol. The smallest absolute Gasteiger partial charge is 0.359 e. The van der Waals surface area contributed by atoms with Crippen LogP contribution in [0.3, 0.4) is 0 Å². The maximum absolute atomic E-state index is 12.2. The lowest BCUT2D eigenvalue weighted by Crippen LogP contribution is -2.74. The molecule has 0 aromatic carbocycles. The van der Waals surface area contributed by atoms with E-state index in [1.54, 1.807) is 6.92 Å². The summed E-state index contributed by atoms with van der Waals surface area (Å²) in [5.74, 6) is -1.60. The number of quaternary nitrogens is 2. The first kappa shape index (κ1) is 60.3. The molecule has 0 aliphatic rings. The molecule has 0 amide bonds. The zero-order valence-electron chi connectivity index (χ0n) is 41.1. The Kier molecular flexibility index (Phi) is 42.7. The first-order chi connectivity index (χ1) is 28.8. The van der Waals surface area contributed by atoms with E-state index in [2.05, 4.69) is 62.6 Å². The summed E-state index contributed by atoms with van der Waals surface area (Å²) in [4.78, 5) is 22.2. The molecule has 0 fully saturated rings. The number of nitrogens with one attached hydrogen (secondary N) is 2. The highest BCUT2D eigenvalue weighted by atomic mass is 16.4. The number of hydrogen-bond donors (Lipinski definition) is 5. The van der Waals surface area contributed by atoms with Gasteiger partial charge in [-0.15, -0.1) is 0 Å². The van der Waals surface area contributed by atoms with E-state index >= 15 is 0 Å². The number of carboxylic acid groups (broad SMARTS) is 2. The Labute approximate surface area is 372 Å². The zero-order chi connectivity index (χ0) is 45.2. The second-order valence-corrected chi connectivity index (χ2v) is 18.7. The molecule has 60 heavy (non-hydrogen) atoms. The van der Waals surface area contributed by atoms with Crippen LogP contribution in [-0.4, -0.2) is 102 Å². The summed E-state index contributed by atoms with van der Waals surface area (Å²) in [7, 11) is 5.52. The molecule has 0 aliphatic carbocycles. The summed E-state index contributed by atoms with van der Waals surface area (Å²) in [6.07, 6.45) is 46.3. The Bertz CT molecular complexity index is 960. The van der Waals surface area contributed by atoms with Gasteiger partial charge in [-0.3, -0.25) is 15.1 Å². The maximum Gasteiger partial charge on any atom is 0.359 e. The van der Waals surface area contributed by atoms with Gasteiger partial charge in [0.15, 0.2) is 19.3 Å². The summed E-state index contributed by atoms with van der Waals surface area (Å²) in [6.45, 7) is 12.4. The predicted octanol–water partition coefficient (Wildman–Crippen LogP) is 12.7. The highest BCUT2D eigenvalue weighted by molar-refractivity contribution is 5.68. The van der Waals surface area contributed by atoms with Gasteiger partial charge in [-0.1, -0.05) is 168 Å². The van der Waals surface area contributed by atoms with E-state index in [9.17, 15) is 19.8 Å². The zero-order valence-corrected chi connectivity index (χ0v) is 41.1. The van der Waals surface area contributed by atoms with Crippen molar-refractivity contribution < 1.29 is 33.9 Å². The van der Waals surface area contributed by atoms with Gasteiger partial charge in [-0.05, 0) is 64.2 Å². The minimum Gasteiger partial charge on any atom is -0.477 e. The summed E-state index contributed by atoms with van der Waals surface area (Å²) < 4.78 is 0.608. The van der Waals surface area contributed by atoms with Gasteiger partial charge < -0.3 is 19.8 Å². The van der Waals surface area contributed by atoms with E-state index < -0.39 is 18.2 Å². The van der Waals surface area contributed by atoms with Crippen molar-refractivity contribution in [1.82, 2.24) is 10.6 Å². The maximum atomic E-state index is 12.2. The molecule has 0 aromatic rings. The molecule has 9 nitrogen and oxygen atoms in total. The van der Waals surface area contributed by atoms with Crippen LogP contribution in [0.5, 0.6) is 0 Å². The van der Waals surface area contributed by atoms with Crippen LogP contribution >= 0.6 is 0 Å². The molecule has 0 saturated heterocycles. The number of rotatable bonds is 43. The average Bonchev–Trinajstić information content (AvgIpc) is 3.18. The third-order valence-corrected chi connectivity index (χ3v) is 11.8. The third kappa shape index (κ3) is 36.8. The van der Waals surface area contributed by atoms with E-state index in [0.717, 1.165) is 38.8 Å². The van der Waals surface area contributed by atoms with Crippen LogP contribution in [0.2, 0.25) is 0 Å². The minimum atomic E-state index is -0.851. The number of aliphatic carboxylic acids is 2. The second kappa shape index (κ2) is 42.5. The second-order valence-electron chi connectivity index (χ2n) is 18.7. The Morgan fingerprint density at radius 2 is 0.750 bits per heavy atom. The first-order valence-corrected chi connectivity index (χ1v) is 25.4. The van der Waals surface area contributed by atoms with Gasteiger partial charge in [0.05, 0.1) is 21.1 Å². The van der Waals surface area contributed by atoms with Crippen molar-refractivity contribution in [3.63, 3.8) is 0 Å². The molecule has 0 aromatic heterocycles. The molecule has 9 heteroatoms. The number of aliphatic hydroxyl groups is 1. The van der Waals surface area contributed by atoms with Gasteiger partial charge in [0.2, 0.25) is 0 Å². The number of allylic oxidation sites excluding steroid dienone is 4. The van der Waals surface area contributed by atoms with Gasteiger partial charge in [0.25, 0.3) is 0 Å². The summed E-state index contributed by atoms with van der Waals surface area (Å²) in [6, 6.07) is 0. The van der Waals surface area contributed by atoms with E-state index in [4.69, 9.17) is 5.11 Å². The number of carbonyl (C=O) groups is 2. The highest BCUT2D eigenvalue weighted by Gasteiger charge is 2.47. The molecular formula is C51H104N4O5+2. The molecule has 0 radical (unpaired) electrons. The number of likely N-dealkylation sites (N-methyl/N-ethyl adjacent to an activating group) is 1. The number of unbranched alkanes of at least 4 members (excludes halogenated alkanes) is 24. The normalized spacial score (nSPS) is 14.6. The summed E-state index contributed by atoms with van der Waals surface area (Å²) >= 11 is 0. The fraction of sp³-hybridized carbons (Fsp3) is 0.882. The lowest BCUT2D eigenvalue weighted by Gasteiger charge is -2.50. The molecule has 3 unspecified atom stereocenters. The molecular weight excluding hydrogens is 749 g/mol. The number of carboxylic acids is 2. The standard InChI is InChI=1S/C46H91N3O3.C5H11NO2/c1-6-10-12-14-16-18-20-22-24-26-28-30-32-34-36-38-40-47-44(8-3)49(43(5)50,42-46(51)52)45(9-4)48-41-39-37-35-33-31-29-27-25-23-21-19-17-15-13-11-7-2;1-6(2,3)4-5(7)8/h22-25,43-45,47-48,50H,6-21,26-42H2,1-5H3;4H2,1-3H3/p+2/b24-22-,25-23-;. The molecule has 0 saturated carbocycles. The number of hydrogen-bond acceptors (Lipinski definition) is 5. The van der Waals surface area contributed by atoms with Crippen LogP contribution in [0.15, 0.2) is 24.3 Å². The van der Waals surface area contributed by atoms with Crippen molar-refractivity contribution in [3.8, 4) is 0 Å². The Morgan fingerprint density at radius 3 is 0.983 bits per heavy atom. The van der Waals surface area contributed by atoms with Gasteiger partial charge >= 0.3 is 11.9 Å². The number of nitrogens with zero attached hydrogens (tertiary/aromatic N) is 2. The van der Waals surface area contributed by atoms with E-state index in [0.29, 0.717) is 4.48 Å². The van der Waals surface area contributed by atoms with E-state index in [1.807, 2.05) is 21.1 Å². The van der Waals surface area contributed by atoms with Gasteiger partial charge in [0.1, 0.15) is 12.3 Å². The molecule has 3 atom stereocenters. The molecule has 0 spiro atoms. The molecule has 5 N–H and O–H groups in total. The monoisotopic (exact) mass is 853 g/mol. The summed E-state index contributed by atoms with van der Waals surface area (Å²) in [5, 5.41) is 36.9. The lowest BCUT2D eigenvalue weighted by atomic mass is 10.1. The highest BCUT2D eigenvalue weighted by Crippen LogP contribution is 2.26. The van der Waals surface area contributed by atoms with Crippen molar-refractivity contribution in [2.45, 2.75) is 246 Å². The average molecular weight is 853 g/mol. The fourth-order valence-corrected chi connectivity index (χ4v) is 8.32. The van der Waals surface area contributed by atoms with Crippen LogP contribution in [-0.2, 0) is 9.59 Å². The molecule has 0 rings (SSSR count). The van der Waals surface area contributed by atoms with Crippen molar-refractivity contribution in [3.05, 3.63) is 24.3 Å². The van der Waals surface area contributed by atoms with Gasteiger partial charge in [-0.2, -0.15) is 0 Å². The van der Waals surface area contributed by atoms with Crippen LogP contribution in [0, 0.1) is 0 Å². The van der Waals surface area contributed by atoms with Crippen LogP contribution < -0.4 is 10.6 Å². The number of aliphatic hydroxyl groups excluding tert-OH is 1. The quantitative estimate of drug-likeness (QED) is 0.0179. The lowest BCUT2D eigenvalue weighted by molar-refractivity contribution is -1.01. The Hall–Kier alpha value is -1.78. The van der Waals surface area contributed by atoms with Crippen molar-refractivity contribution in [1.29, 1.82) is 0 Å². The molecule has 0 bridgehead atoms. The van der Waals surface area contributed by atoms with Crippen molar-refractivity contribution in [2.24, 2.45) is 0 Å². The topological polar surface area (TPSA) is 119 Å². The van der Waals surface area contributed by atoms with E-state index in [1.165, 1.54) is 167 Å². The molecule has 0 heterocycles. The first-order valence-electron chi connectivity index (χ1n) is 25.4. The summed E-state index contributed by atoms with van der Waals surface area (Å²) in [5.41, 5.74) is 0. The molecule has 0 aliphatic heterocycles.